The van der Waals surface area contributed by atoms with Gasteiger partial charge in [0.05, 0.1) is 12.6 Å². The molecule has 1 atom stereocenters. The molecule has 2 heterocycles. The fourth-order valence-corrected chi connectivity index (χ4v) is 3.92. The van der Waals surface area contributed by atoms with Gasteiger partial charge in [-0.2, -0.15) is 4.37 Å². The molecule has 0 aliphatic carbocycles. The molecule has 1 unspecified atom stereocenters. The first-order valence-electron chi connectivity index (χ1n) is 5.28. The van der Waals surface area contributed by atoms with Crippen LogP contribution in [0.2, 0.25) is 0 Å². The molecule has 0 aromatic carbocycles. The number of aromatic nitrogens is 1. The van der Waals surface area contributed by atoms with Gasteiger partial charge in [0.25, 0.3) is 0 Å². The predicted octanol–water partition coefficient (Wildman–Crippen LogP) is 0.720. The summed E-state index contributed by atoms with van der Waals surface area (Å²) >= 11 is 1.08. The van der Waals surface area contributed by atoms with Crippen molar-refractivity contribution in [3.05, 3.63) is 0 Å². The number of anilines is 2. The predicted molar refractivity (Wildman–Crippen MR) is 67.1 cm³/mol. The summed E-state index contributed by atoms with van der Waals surface area (Å²) in [6.45, 7) is 1.35. The Kier molecular flexibility index (Phi) is 3.55. The number of hydrogen-bond acceptors (Lipinski definition) is 7. The molecular formula is C9H15N3O3S2. The van der Waals surface area contributed by atoms with Crippen LogP contribution < -0.4 is 11.1 Å². The standard InChI is InChI=1S/C9H15N3O3S2/c1-17(13,14)7-8(10)12-16-9(7)11-6-3-2-4-15-5-6/h6,11H,2-5H2,1H3,(H2,10,12). The third-order valence-corrected chi connectivity index (χ3v) is 4.62. The quantitative estimate of drug-likeness (QED) is 0.845. The molecule has 0 saturated carbocycles. The van der Waals surface area contributed by atoms with Gasteiger partial charge in [-0.05, 0) is 24.4 Å². The van der Waals surface area contributed by atoms with Gasteiger partial charge in [-0.3, -0.25) is 0 Å². The van der Waals surface area contributed by atoms with Crippen LogP contribution in [0.4, 0.5) is 10.8 Å². The van der Waals surface area contributed by atoms with E-state index in [0.29, 0.717) is 11.6 Å². The zero-order valence-corrected chi connectivity index (χ0v) is 11.1. The van der Waals surface area contributed by atoms with Gasteiger partial charge in [-0.1, -0.05) is 0 Å². The molecule has 0 amide bonds. The first kappa shape index (κ1) is 12.6. The van der Waals surface area contributed by atoms with Crippen LogP contribution in [0, 0.1) is 0 Å². The molecule has 17 heavy (non-hydrogen) atoms. The fraction of sp³-hybridized carbons (Fsp3) is 0.667. The summed E-state index contributed by atoms with van der Waals surface area (Å²) in [6, 6.07) is 0.129. The second-order valence-corrected chi connectivity index (χ2v) is 6.78. The maximum atomic E-state index is 11.6. The third kappa shape index (κ3) is 2.88. The summed E-state index contributed by atoms with van der Waals surface area (Å²) in [7, 11) is -3.35. The Morgan fingerprint density at radius 3 is 2.94 bits per heavy atom. The van der Waals surface area contributed by atoms with E-state index in [-0.39, 0.29) is 16.8 Å². The Labute approximate surface area is 104 Å². The maximum Gasteiger partial charge on any atom is 0.182 e. The van der Waals surface area contributed by atoms with Crippen LogP contribution in [-0.2, 0) is 14.6 Å². The maximum absolute atomic E-state index is 11.6. The molecule has 0 bridgehead atoms. The number of nitrogens with zero attached hydrogens (tertiary/aromatic N) is 1. The molecule has 3 N–H and O–H groups in total. The van der Waals surface area contributed by atoms with E-state index in [4.69, 9.17) is 10.5 Å². The molecule has 6 nitrogen and oxygen atoms in total. The molecule has 1 aromatic rings. The highest BCUT2D eigenvalue weighted by atomic mass is 32.2. The van der Waals surface area contributed by atoms with Crippen LogP contribution in [0.3, 0.4) is 0 Å². The lowest BCUT2D eigenvalue weighted by Crippen LogP contribution is -2.30. The molecule has 1 aromatic heterocycles. The van der Waals surface area contributed by atoms with Crippen molar-refractivity contribution < 1.29 is 13.2 Å². The minimum Gasteiger partial charge on any atom is -0.382 e. The first-order chi connectivity index (χ1) is 7.98. The van der Waals surface area contributed by atoms with Crippen molar-refractivity contribution in [2.45, 2.75) is 23.8 Å². The summed E-state index contributed by atoms with van der Waals surface area (Å²) in [5.41, 5.74) is 5.58. The fourth-order valence-electron chi connectivity index (χ4n) is 1.78. The molecule has 96 valence electrons. The van der Waals surface area contributed by atoms with Crippen molar-refractivity contribution in [2.24, 2.45) is 0 Å². The minimum atomic E-state index is -3.35. The van der Waals surface area contributed by atoms with Gasteiger partial charge in [0.1, 0.15) is 9.90 Å². The lowest BCUT2D eigenvalue weighted by atomic mass is 10.1. The van der Waals surface area contributed by atoms with E-state index in [0.717, 1.165) is 37.2 Å². The largest absolute Gasteiger partial charge is 0.382 e. The van der Waals surface area contributed by atoms with Gasteiger partial charge < -0.3 is 15.8 Å². The van der Waals surface area contributed by atoms with E-state index in [9.17, 15) is 8.42 Å². The van der Waals surface area contributed by atoms with Crippen molar-refractivity contribution in [3.63, 3.8) is 0 Å². The van der Waals surface area contributed by atoms with Gasteiger partial charge in [0.15, 0.2) is 15.7 Å². The van der Waals surface area contributed by atoms with Gasteiger partial charge in [-0.15, -0.1) is 0 Å². The van der Waals surface area contributed by atoms with Crippen LogP contribution >= 0.6 is 11.5 Å². The highest BCUT2D eigenvalue weighted by Crippen LogP contribution is 2.32. The zero-order valence-electron chi connectivity index (χ0n) is 9.47. The number of hydrogen-bond donors (Lipinski definition) is 2. The van der Waals surface area contributed by atoms with Gasteiger partial charge >= 0.3 is 0 Å². The van der Waals surface area contributed by atoms with E-state index in [1.54, 1.807) is 0 Å². The SMILES string of the molecule is CS(=O)(=O)c1c(N)nsc1NC1CCCOC1. The number of rotatable bonds is 3. The highest BCUT2D eigenvalue weighted by Gasteiger charge is 2.24. The van der Waals surface area contributed by atoms with Crippen molar-refractivity contribution in [3.8, 4) is 0 Å². The Hall–Kier alpha value is -0.860. The Bertz CT molecular complexity index is 492. The number of sulfone groups is 1. The Morgan fingerprint density at radius 1 is 1.59 bits per heavy atom. The van der Waals surface area contributed by atoms with Crippen molar-refractivity contribution >= 4 is 32.2 Å². The number of ether oxygens (including phenoxy) is 1. The van der Waals surface area contributed by atoms with E-state index in [2.05, 4.69) is 9.69 Å². The molecular weight excluding hydrogens is 262 g/mol. The van der Waals surface area contributed by atoms with Crippen molar-refractivity contribution in [1.82, 2.24) is 4.37 Å². The van der Waals surface area contributed by atoms with E-state index in [1.807, 2.05) is 0 Å². The lowest BCUT2D eigenvalue weighted by Gasteiger charge is -2.23. The second kappa shape index (κ2) is 4.79. The first-order valence-corrected chi connectivity index (χ1v) is 7.94. The lowest BCUT2D eigenvalue weighted by molar-refractivity contribution is 0.0876. The topological polar surface area (TPSA) is 94.3 Å². The smallest absolute Gasteiger partial charge is 0.182 e. The second-order valence-electron chi connectivity index (χ2n) is 4.06. The molecule has 8 heteroatoms. The van der Waals surface area contributed by atoms with E-state index < -0.39 is 9.84 Å². The molecule has 0 spiro atoms. The molecule has 1 aliphatic heterocycles. The average Bonchev–Trinajstić information content (AvgIpc) is 2.60. The third-order valence-electron chi connectivity index (χ3n) is 2.54. The summed E-state index contributed by atoms with van der Waals surface area (Å²) in [5, 5.41) is 3.66. The molecule has 1 fully saturated rings. The summed E-state index contributed by atoms with van der Waals surface area (Å²) < 4.78 is 32.4. The van der Waals surface area contributed by atoms with Gasteiger partial charge in [-0.25, -0.2) is 8.42 Å². The van der Waals surface area contributed by atoms with Crippen LogP contribution in [-0.4, -0.2) is 38.3 Å². The normalized spacial score (nSPS) is 21.4. The number of nitrogen functional groups attached to an aromatic ring is 1. The van der Waals surface area contributed by atoms with E-state index >= 15 is 0 Å². The average molecular weight is 277 g/mol. The summed E-state index contributed by atoms with van der Waals surface area (Å²) in [6.07, 6.45) is 3.07. The van der Waals surface area contributed by atoms with Crippen LogP contribution in [0.5, 0.6) is 0 Å². The van der Waals surface area contributed by atoms with Gasteiger partial charge in [0, 0.05) is 12.9 Å². The Balaban J connectivity index is 2.21. The van der Waals surface area contributed by atoms with Crippen LogP contribution in [0.1, 0.15) is 12.8 Å². The van der Waals surface area contributed by atoms with E-state index in [1.165, 1.54) is 0 Å². The monoisotopic (exact) mass is 277 g/mol. The number of nitrogens with two attached hydrogens (primary N) is 1. The molecule has 1 saturated heterocycles. The Morgan fingerprint density at radius 2 is 2.35 bits per heavy atom. The summed E-state index contributed by atoms with van der Waals surface area (Å²) in [4.78, 5) is 0.105. The van der Waals surface area contributed by atoms with Crippen LogP contribution in [0.15, 0.2) is 4.90 Å². The highest BCUT2D eigenvalue weighted by molar-refractivity contribution is 7.91. The van der Waals surface area contributed by atoms with Crippen molar-refractivity contribution in [1.29, 1.82) is 0 Å². The zero-order chi connectivity index (χ0) is 12.5. The van der Waals surface area contributed by atoms with Crippen molar-refractivity contribution in [2.75, 3.05) is 30.5 Å². The molecule has 1 aliphatic rings. The van der Waals surface area contributed by atoms with Gasteiger partial charge in [0.2, 0.25) is 0 Å². The molecule has 0 radical (unpaired) electrons. The number of nitrogens with one attached hydrogen (secondary N) is 1. The van der Waals surface area contributed by atoms with Crippen LogP contribution in [0.25, 0.3) is 0 Å². The minimum absolute atomic E-state index is 0.0664. The molecule has 2 rings (SSSR count). The summed E-state index contributed by atoms with van der Waals surface area (Å²) in [5.74, 6) is 0.0664.